The number of rotatable bonds is 6. The van der Waals surface area contributed by atoms with E-state index in [9.17, 15) is 4.79 Å². The van der Waals surface area contributed by atoms with Gasteiger partial charge in [-0.25, -0.2) is 9.78 Å². The van der Waals surface area contributed by atoms with E-state index in [1.165, 1.54) is 12.8 Å². The first-order valence-electron chi connectivity index (χ1n) is 9.78. The highest BCUT2D eigenvalue weighted by Crippen LogP contribution is 2.30. The van der Waals surface area contributed by atoms with Crippen molar-refractivity contribution < 1.29 is 19.0 Å². The third-order valence-electron chi connectivity index (χ3n) is 4.93. The molecule has 4 rings (SSSR count). The van der Waals surface area contributed by atoms with Crippen molar-refractivity contribution in [2.75, 3.05) is 13.2 Å². The van der Waals surface area contributed by atoms with Crippen LogP contribution in [0.2, 0.25) is 0 Å². The number of aromatic nitrogens is 1. The summed E-state index contributed by atoms with van der Waals surface area (Å²) in [6.07, 6.45) is 6.25. The Labute approximate surface area is 164 Å². The molecule has 1 aromatic carbocycles. The number of fused-ring (bicyclic) bond motifs is 1. The van der Waals surface area contributed by atoms with E-state index >= 15 is 0 Å². The standard InChI is InChI=1S/C21H25N3O4/c25-21(24-13-17-14-26-18-9-3-4-10-19(18)27-17)23-12-15-6-5-11-22-20(15)28-16-7-1-2-8-16/h3-6,9-11,16-17H,1-2,7-8,12-14H2,(H2,23,24,25). The molecule has 2 amide bonds. The normalized spacial score (nSPS) is 18.5. The molecule has 1 unspecified atom stereocenters. The number of nitrogens with zero attached hydrogens (tertiary/aromatic N) is 1. The van der Waals surface area contributed by atoms with Gasteiger partial charge in [-0.3, -0.25) is 0 Å². The predicted molar refractivity (Wildman–Crippen MR) is 104 cm³/mol. The van der Waals surface area contributed by atoms with Gasteiger partial charge in [0.05, 0.1) is 6.54 Å². The van der Waals surface area contributed by atoms with Crippen LogP contribution < -0.4 is 24.8 Å². The average molecular weight is 383 g/mol. The highest BCUT2D eigenvalue weighted by Gasteiger charge is 2.21. The molecule has 1 atom stereocenters. The Kier molecular flexibility index (Phi) is 5.80. The van der Waals surface area contributed by atoms with Crippen LogP contribution in [0.5, 0.6) is 17.4 Å². The summed E-state index contributed by atoms with van der Waals surface area (Å²) < 4.78 is 17.5. The highest BCUT2D eigenvalue weighted by molar-refractivity contribution is 5.73. The maximum atomic E-state index is 12.2. The summed E-state index contributed by atoms with van der Waals surface area (Å²) in [5.41, 5.74) is 0.871. The SMILES string of the molecule is O=C(NCc1cccnc1OC1CCCC1)NCC1COc2ccccc2O1. The van der Waals surface area contributed by atoms with Crippen LogP contribution in [0.1, 0.15) is 31.2 Å². The zero-order valence-electron chi connectivity index (χ0n) is 15.7. The van der Waals surface area contributed by atoms with Crippen molar-refractivity contribution in [2.24, 2.45) is 0 Å². The Morgan fingerprint density at radius 3 is 2.79 bits per heavy atom. The summed E-state index contributed by atoms with van der Waals surface area (Å²) in [5.74, 6) is 2.04. The number of hydrogen-bond donors (Lipinski definition) is 2. The summed E-state index contributed by atoms with van der Waals surface area (Å²) in [6.45, 7) is 1.12. The number of carbonyl (C=O) groups is 1. The van der Waals surface area contributed by atoms with Gasteiger partial charge in [0.1, 0.15) is 12.7 Å². The summed E-state index contributed by atoms with van der Waals surface area (Å²) in [4.78, 5) is 16.5. The number of pyridine rings is 1. The smallest absolute Gasteiger partial charge is 0.315 e. The zero-order valence-corrected chi connectivity index (χ0v) is 15.7. The van der Waals surface area contributed by atoms with E-state index in [4.69, 9.17) is 14.2 Å². The third-order valence-corrected chi connectivity index (χ3v) is 4.93. The van der Waals surface area contributed by atoms with Crippen molar-refractivity contribution in [1.82, 2.24) is 15.6 Å². The number of carbonyl (C=O) groups excluding carboxylic acids is 1. The minimum Gasteiger partial charge on any atom is -0.486 e. The van der Waals surface area contributed by atoms with E-state index in [0.29, 0.717) is 31.3 Å². The second kappa shape index (κ2) is 8.82. The molecule has 1 aromatic heterocycles. The molecule has 28 heavy (non-hydrogen) atoms. The predicted octanol–water partition coefficient (Wildman–Crippen LogP) is 3.04. The van der Waals surface area contributed by atoms with Gasteiger partial charge in [-0.05, 0) is 43.9 Å². The molecule has 0 radical (unpaired) electrons. The lowest BCUT2D eigenvalue weighted by molar-refractivity contribution is 0.0918. The molecular weight excluding hydrogens is 358 g/mol. The van der Waals surface area contributed by atoms with Crippen molar-refractivity contribution >= 4 is 6.03 Å². The van der Waals surface area contributed by atoms with Crippen LogP contribution in [-0.4, -0.2) is 36.4 Å². The van der Waals surface area contributed by atoms with E-state index in [2.05, 4.69) is 15.6 Å². The monoisotopic (exact) mass is 383 g/mol. The second-order valence-corrected chi connectivity index (χ2v) is 7.05. The number of amides is 2. The Morgan fingerprint density at radius 2 is 1.93 bits per heavy atom. The van der Waals surface area contributed by atoms with Crippen molar-refractivity contribution in [1.29, 1.82) is 0 Å². The summed E-state index contributed by atoms with van der Waals surface area (Å²) in [6, 6.07) is 11.0. The molecule has 2 heterocycles. The lowest BCUT2D eigenvalue weighted by Crippen LogP contribution is -2.44. The quantitative estimate of drug-likeness (QED) is 0.801. The van der Waals surface area contributed by atoms with Crippen molar-refractivity contribution in [2.45, 2.75) is 44.4 Å². The van der Waals surface area contributed by atoms with Gasteiger partial charge in [0, 0.05) is 18.3 Å². The molecule has 0 spiro atoms. The molecule has 2 aromatic rings. The first-order chi connectivity index (χ1) is 13.8. The molecule has 148 valence electrons. The van der Waals surface area contributed by atoms with Crippen LogP contribution in [0.3, 0.4) is 0 Å². The minimum absolute atomic E-state index is 0.222. The fraction of sp³-hybridized carbons (Fsp3) is 0.429. The number of ether oxygens (including phenoxy) is 3. The van der Waals surface area contributed by atoms with Crippen LogP contribution >= 0.6 is 0 Å². The van der Waals surface area contributed by atoms with Gasteiger partial charge >= 0.3 is 6.03 Å². The molecule has 7 heteroatoms. The number of hydrogen-bond acceptors (Lipinski definition) is 5. The van der Waals surface area contributed by atoms with E-state index in [0.717, 1.165) is 24.2 Å². The molecule has 1 aliphatic carbocycles. The lowest BCUT2D eigenvalue weighted by atomic mass is 10.2. The molecule has 1 fully saturated rings. The molecule has 1 aliphatic heterocycles. The molecule has 0 saturated heterocycles. The van der Waals surface area contributed by atoms with Crippen molar-refractivity contribution in [3.8, 4) is 17.4 Å². The van der Waals surface area contributed by atoms with Crippen LogP contribution in [0.15, 0.2) is 42.6 Å². The fourth-order valence-corrected chi connectivity index (χ4v) is 3.44. The first-order valence-corrected chi connectivity index (χ1v) is 9.78. The lowest BCUT2D eigenvalue weighted by Gasteiger charge is -2.26. The van der Waals surface area contributed by atoms with E-state index < -0.39 is 0 Å². The highest BCUT2D eigenvalue weighted by atomic mass is 16.6. The molecule has 7 nitrogen and oxygen atoms in total. The second-order valence-electron chi connectivity index (χ2n) is 7.05. The molecule has 1 saturated carbocycles. The van der Waals surface area contributed by atoms with Gasteiger partial charge < -0.3 is 24.8 Å². The first kappa shape index (κ1) is 18.4. The van der Waals surface area contributed by atoms with Crippen LogP contribution in [0, 0.1) is 0 Å². The van der Waals surface area contributed by atoms with Gasteiger partial charge in [0.2, 0.25) is 5.88 Å². The van der Waals surface area contributed by atoms with E-state index in [1.807, 2.05) is 36.4 Å². The number of benzene rings is 1. The van der Waals surface area contributed by atoms with Gasteiger partial charge in [-0.15, -0.1) is 0 Å². The summed E-state index contributed by atoms with van der Waals surface area (Å²) >= 11 is 0. The summed E-state index contributed by atoms with van der Waals surface area (Å²) in [5, 5.41) is 5.69. The Hall–Kier alpha value is -2.96. The van der Waals surface area contributed by atoms with Crippen LogP contribution in [0.4, 0.5) is 4.79 Å². The van der Waals surface area contributed by atoms with E-state index in [1.54, 1.807) is 6.20 Å². The topological polar surface area (TPSA) is 81.7 Å². The average Bonchev–Trinajstić information content (AvgIpc) is 3.24. The number of urea groups is 1. The Morgan fingerprint density at radius 1 is 1.11 bits per heavy atom. The van der Waals surface area contributed by atoms with Gasteiger partial charge in [0.15, 0.2) is 17.6 Å². The fourth-order valence-electron chi connectivity index (χ4n) is 3.44. The van der Waals surface area contributed by atoms with Crippen molar-refractivity contribution in [3.05, 3.63) is 48.2 Å². The minimum atomic E-state index is -0.266. The van der Waals surface area contributed by atoms with Crippen molar-refractivity contribution in [3.63, 3.8) is 0 Å². The maximum absolute atomic E-state index is 12.2. The molecule has 0 bridgehead atoms. The molecular formula is C21H25N3O4. The number of para-hydroxylation sites is 2. The number of nitrogens with one attached hydrogen (secondary N) is 2. The van der Waals surface area contributed by atoms with Gasteiger partial charge in [-0.1, -0.05) is 18.2 Å². The van der Waals surface area contributed by atoms with Gasteiger partial charge in [-0.2, -0.15) is 0 Å². The van der Waals surface area contributed by atoms with Crippen LogP contribution in [-0.2, 0) is 6.54 Å². The Balaban J connectivity index is 1.24. The largest absolute Gasteiger partial charge is 0.486 e. The van der Waals surface area contributed by atoms with Crippen LogP contribution in [0.25, 0.3) is 0 Å². The van der Waals surface area contributed by atoms with Gasteiger partial charge in [0.25, 0.3) is 0 Å². The third kappa shape index (κ3) is 4.65. The Bertz CT molecular complexity index is 808. The summed E-state index contributed by atoms with van der Waals surface area (Å²) in [7, 11) is 0. The van der Waals surface area contributed by atoms with E-state index in [-0.39, 0.29) is 18.2 Å². The maximum Gasteiger partial charge on any atom is 0.315 e. The zero-order chi connectivity index (χ0) is 19.2. The molecule has 2 aliphatic rings. The molecule has 2 N–H and O–H groups in total.